The van der Waals surface area contributed by atoms with Crippen LogP contribution in [0.5, 0.6) is 11.5 Å². The average Bonchev–Trinajstić information content (AvgIpc) is 2.77. The van der Waals surface area contributed by atoms with Crippen LogP contribution in [0, 0.1) is 6.92 Å². The van der Waals surface area contributed by atoms with Gasteiger partial charge >= 0.3 is 0 Å². The summed E-state index contributed by atoms with van der Waals surface area (Å²) in [4.78, 5) is 1.12. The summed E-state index contributed by atoms with van der Waals surface area (Å²) in [5, 5.41) is 0. The predicted molar refractivity (Wildman–Crippen MR) is 87.9 cm³/mol. The maximum Gasteiger partial charge on any atom is 0.162 e. The summed E-state index contributed by atoms with van der Waals surface area (Å²) in [6.07, 6.45) is 0. The van der Waals surface area contributed by atoms with Crippen LogP contribution >= 0.6 is 43.2 Å². The van der Waals surface area contributed by atoms with Crippen molar-refractivity contribution in [2.45, 2.75) is 13.0 Å². The van der Waals surface area contributed by atoms with E-state index < -0.39 is 0 Å². The van der Waals surface area contributed by atoms with Crippen molar-refractivity contribution in [2.75, 3.05) is 13.2 Å². The number of hydrogen-bond donors (Lipinski definition) is 1. The lowest BCUT2D eigenvalue weighted by atomic mass is 10.0. The molecule has 0 bridgehead atoms. The quantitative estimate of drug-likeness (QED) is 0.785. The number of ether oxygens (including phenoxy) is 2. The van der Waals surface area contributed by atoms with Gasteiger partial charge in [-0.05, 0) is 52.2 Å². The molecule has 0 saturated heterocycles. The Morgan fingerprint density at radius 3 is 2.40 bits per heavy atom. The number of fused-ring (bicyclic) bond motifs is 1. The Kier molecular flexibility index (Phi) is 4.08. The number of nitrogens with two attached hydrogens (primary N) is 1. The molecule has 1 aromatic carbocycles. The SMILES string of the molecule is Cc1cc(C(N)c2cc3c(cc2Br)OCCO3)sc1Br. The van der Waals surface area contributed by atoms with E-state index in [0.717, 1.165) is 30.2 Å². The molecule has 0 spiro atoms. The third kappa shape index (κ3) is 2.62. The fraction of sp³-hybridized carbons (Fsp3) is 0.286. The van der Waals surface area contributed by atoms with Crippen LogP contribution in [-0.4, -0.2) is 13.2 Å². The first-order valence-corrected chi connectivity index (χ1v) is 8.57. The molecule has 1 aliphatic heterocycles. The maximum atomic E-state index is 6.40. The highest BCUT2D eigenvalue weighted by atomic mass is 79.9. The Bertz CT molecular complexity index is 637. The van der Waals surface area contributed by atoms with Gasteiger partial charge in [-0.1, -0.05) is 15.9 Å². The smallest absolute Gasteiger partial charge is 0.162 e. The first-order chi connectivity index (χ1) is 9.56. The molecule has 1 aliphatic rings. The molecule has 0 aliphatic carbocycles. The average molecular weight is 419 g/mol. The van der Waals surface area contributed by atoms with Gasteiger partial charge in [0.15, 0.2) is 11.5 Å². The van der Waals surface area contributed by atoms with Crippen LogP contribution in [0.3, 0.4) is 0 Å². The van der Waals surface area contributed by atoms with Crippen molar-refractivity contribution >= 4 is 43.2 Å². The summed E-state index contributed by atoms with van der Waals surface area (Å²) in [6.45, 7) is 3.23. The van der Waals surface area contributed by atoms with Gasteiger partial charge in [-0.15, -0.1) is 11.3 Å². The van der Waals surface area contributed by atoms with Crippen LogP contribution < -0.4 is 15.2 Å². The summed E-state index contributed by atoms with van der Waals surface area (Å²) < 4.78 is 13.3. The Labute approximate surface area is 138 Å². The molecule has 0 saturated carbocycles. The van der Waals surface area contributed by atoms with Gasteiger partial charge in [-0.3, -0.25) is 0 Å². The number of hydrogen-bond acceptors (Lipinski definition) is 4. The molecule has 6 heteroatoms. The van der Waals surface area contributed by atoms with Crippen LogP contribution in [0.25, 0.3) is 0 Å². The summed E-state index contributed by atoms with van der Waals surface area (Å²) >= 11 is 8.78. The van der Waals surface area contributed by atoms with Crippen LogP contribution in [0.1, 0.15) is 22.0 Å². The second-order valence-electron chi connectivity index (χ2n) is 4.60. The van der Waals surface area contributed by atoms with Gasteiger partial charge in [0.1, 0.15) is 13.2 Å². The van der Waals surface area contributed by atoms with E-state index >= 15 is 0 Å². The Morgan fingerprint density at radius 2 is 1.80 bits per heavy atom. The summed E-state index contributed by atoms with van der Waals surface area (Å²) in [5.74, 6) is 1.53. The van der Waals surface area contributed by atoms with Crippen LogP contribution in [0.15, 0.2) is 26.5 Å². The van der Waals surface area contributed by atoms with E-state index in [1.807, 2.05) is 12.1 Å². The number of halogens is 2. The second-order valence-corrected chi connectivity index (χ2v) is 7.86. The molecule has 106 valence electrons. The van der Waals surface area contributed by atoms with Gasteiger partial charge < -0.3 is 15.2 Å². The van der Waals surface area contributed by atoms with Crippen molar-refractivity contribution in [3.8, 4) is 11.5 Å². The third-order valence-corrected chi connectivity index (χ3v) is 6.09. The lowest BCUT2D eigenvalue weighted by Crippen LogP contribution is -2.17. The number of aryl methyl sites for hydroxylation is 1. The van der Waals surface area contributed by atoms with Gasteiger partial charge in [0.2, 0.25) is 0 Å². The van der Waals surface area contributed by atoms with Crippen molar-refractivity contribution in [1.29, 1.82) is 0 Å². The molecular weight excluding hydrogens is 406 g/mol. The number of rotatable bonds is 2. The predicted octanol–water partition coefficient (Wildman–Crippen LogP) is 4.40. The minimum absolute atomic E-state index is 0.185. The highest BCUT2D eigenvalue weighted by molar-refractivity contribution is 9.11. The van der Waals surface area contributed by atoms with Gasteiger partial charge in [0, 0.05) is 9.35 Å². The van der Waals surface area contributed by atoms with E-state index in [0.29, 0.717) is 13.2 Å². The number of thiophene rings is 1. The second kappa shape index (κ2) is 5.67. The lowest BCUT2D eigenvalue weighted by molar-refractivity contribution is 0.171. The molecule has 20 heavy (non-hydrogen) atoms. The molecule has 2 aromatic rings. The fourth-order valence-electron chi connectivity index (χ4n) is 2.11. The van der Waals surface area contributed by atoms with Gasteiger partial charge in [-0.2, -0.15) is 0 Å². The Balaban J connectivity index is 2.00. The Morgan fingerprint density at radius 1 is 1.15 bits per heavy atom. The lowest BCUT2D eigenvalue weighted by Gasteiger charge is -2.21. The molecule has 2 N–H and O–H groups in total. The summed E-state index contributed by atoms with van der Waals surface area (Å²) in [6, 6.07) is 5.82. The minimum Gasteiger partial charge on any atom is -0.486 e. The van der Waals surface area contributed by atoms with Crippen LogP contribution in [-0.2, 0) is 0 Å². The molecule has 0 fully saturated rings. The highest BCUT2D eigenvalue weighted by Gasteiger charge is 2.20. The highest BCUT2D eigenvalue weighted by Crippen LogP contribution is 2.41. The maximum absolute atomic E-state index is 6.40. The molecular formula is C14H13Br2NO2S. The molecule has 2 heterocycles. The van der Waals surface area contributed by atoms with Crippen molar-refractivity contribution in [1.82, 2.24) is 0 Å². The largest absolute Gasteiger partial charge is 0.486 e. The molecule has 0 amide bonds. The van der Waals surface area contributed by atoms with Crippen LogP contribution in [0.2, 0.25) is 0 Å². The zero-order valence-electron chi connectivity index (χ0n) is 10.8. The first kappa shape index (κ1) is 14.4. The summed E-state index contributed by atoms with van der Waals surface area (Å²) in [5.41, 5.74) is 8.60. The standard InChI is InChI=1S/C14H13Br2NO2S/c1-7-4-12(20-14(7)16)13(17)8-5-10-11(6-9(8)15)19-3-2-18-10/h4-6,13H,2-3,17H2,1H3. The van der Waals surface area contributed by atoms with Gasteiger partial charge in [0.25, 0.3) is 0 Å². The Hall–Kier alpha value is -0.560. The first-order valence-electron chi connectivity index (χ1n) is 6.16. The van der Waals surface area contributed by atoms with Gasteiger partial charge in [0.05, 0.1) is 9.83 Å². The zero-order chi connectivity index (χ0) is 14.3. The summed E-state index contributed by atoms with van der Waals surface area (Å²) in [7, 11) is 0. The third-order valence-electron chi connectivity index (χ3n) is 3.18. The molecule has 1 aromatic heterocycles. The van der Waals surface area contributed by atoms with E-state index in [1.165, 1.54) is 5.56 Å². The van der Waals surface area contributed by atoms with E-state index in [4.69, 9.17) is 15.2 Å². The molecule has 0 radical (unpaired) electrons. The minimum atomic E-state index is -0.185. The van der Waals surface area contributed by atoms with E-state index in [1.54, 1.807) is 11.3 Å². The normalized spacial score (nSPS) is 15.2. The van der Waals surface area contributed by atoms with E-state index in [2.05, 4.69) is 44.8 Å². The van der Waals surface area contributed by atoms with Crippen molar-refractivity contribution in [2.24, 2.45) is 5.73 Å². The fourth-order valence-corrected chi connectivity index (χ4v) is 4.27. The van der Waals surface area contributed by atoms with Gasteiger partial charge in [-0.25, -0.2) is 0 Å². The molecule has 1 unspecified atom stereocenters. The molecule has 3 nitrogen and oxygen atoms in total. The topological polar surface area (TPSA) is 44.5 Å². The van der Waals surface area contributed by atoms with Crippen LogP contribution in [0.4, 0.5) is 0 Å². The molecule has 1 atom stereocenters. The number of benzene rings is 1. The van der Waals surface area contributed by atoms with E-state index in [9.17, 15) is 0 Å². The molecule has 3 rings (SSSR count). The van der Waals surface area contributed by atoms with Crippen molar-refractivity contribution in [3.05, 3.63) is 42.5 Å². The van der Waals surface area contributed by atoms with Crippen molar-refractivity contribution in [3.63, 3.8) is 0 Å². The zero-order valence-corrected chi connectivity index (χ0v) is 14.8. The van der Waals surface area contributed by atoms with E-state index in [-0.39, 0.29) is 6.04 Å². The monoisotopic (exact) mass is 417 g/mol. The van der Waals surface area contributed by atoms with Crippen molar-refractivity contribution < 1.29 is 9.47 Å².